The minimum atomic E-state index is 0.543. The van der Waals surface area contributed by atoms with E-state index in [9.17, 15) is 5.26 Å². The van der Waals surface area contributed by atoms with Crippen LogP contribution in [0.1, 0.15) is 11.1 Å². The molecule has 0 radical (unpaired) electrons. The van der Waals surface area contributed by atoms with E-state index in [1.807, 2.05) is 71.6 Å². The van der Waals surface area contributed by atoms with Crippen LogP contribution >= 0.6 is 0 Å². The Morgan fingerprint density at radius 2 is 1.68 bits per heavy atom. The number of benzene rings is 2. The zero-order valence-corrected chi connectivity index (χ0v) is 12.0. The second-order valence-corrected chi connectivity index (χ2v) is 5.04. The van der Waals surface area contributed by atoms with Crippen LogP contribution in [0.3, 0.4) is 0 Å². The van der Waals surface area contributed by atoms with Crippen molar-refractivity contribution in [3.63, 3.8) is 0 Å². The van der Waals surface area contributed by atoms with Gasteiger partial charge >= 0.3 is 0 Å². The first-order valence-electron chi connectivity index (χ1n) is 6.92. The van der Waals surface area contributed by atoms with Crippen molar-refractivity contribution in [3.8, 4) is 22.9 Å². The maximum Gasteiger partial charge on any atom is 0.101 e. The molecule has 0 aliphatic heterocycles. The number of rotatable bonds is 3. The summed E-state index contributed by atoms with van der Waals surface area (Å²) in [4.78, 5) is 0. The number of nitrogens with two attached hydrogens (primary N) is 1. The highest BCUT2D eigenvalue weighted by atomic mass is 14.9. The second kappa shape index (κ2) is 5.63. The molecule has 0 atom stereocenters. The molecule has 106 valence electrons. The van der Waals surface area contributed by atoms with Crippen LogP contribution in [0.4, 0.5) is 0 Å². The third-order valence-electron chi connectivity index (χ3n) is 3.57. The lowest BCUT2D eigenvalue weighted by molar-refractivity contribution is 1.08. The Morgan fingerprint density at radius 1 is 1.00 bits per heavy atom. The Kier molecular flexibility index (Phi) is 3.51. The number of nitrogens with zero attached hydrogens (tertiary/aromatic N) is 2. The molecule has 3 aromatic rings. The lowest BCUT2D eigenvalue weighted by Gasteiger charge is -2.05. The molecular weight excluding hydrogens is 270 g/mol. The fourth-order valence-corrected chi connectivity index (χ4v) is 2.39. The van der Waals surface area contributed by atoms with Crippen molar-refractivity contribution in [2.75, 3.05) is 0 Å². The van der Waals surface area contributed by atoms with Crippen molar-refractivity contribution in [1.82, 2.24) is 4.57 Å². The van der Waals surface area contributed by atoms with E-state index in [-0.39, 0.29) is 0 Å². The Morgan fingerprint density at radius 3 is 2.27 bits per heavy atom. The van der Waals surface area contributed by atoms with E-state index in [1.54, 1.807) is 0 Å². The van der Waals surface area contributed by atoms with Gasteiger partial charge < -0.3 is 10.3 Å². The van der Waals surface area contributed by atoms with Crippen molar-refractivity contribution in [3.05, 3.63) is 84.7 Å². The molecule has 0 aliphatic rings. The van der Waals surface area contributed by atoms with E-state index in [0.717, 1.165) is 22.4 Å². The Hall–Kier alpha value is -3.25. The maximum atomic E-state index is 9.37. The molecule has 3 rings (SSSR count). The molecule has 22 heavy (non-hydrogen) atoms. The first-order chi connectivity index (χ1) is 10.7. The van der Waals surface area contributed by atoms with E-state index in [4.69, 9.17) is 5.73 Å². The van der Waals surface area contributed by atoms with E-state index in [0.29, 0.717) is 11.3 Å². The summed E-state index contributed by atoms with van der Waals surface area (Å²) >= 11 is 0. The highest BCUT2D eigenvalue weighted by Crippen LogP contribution is 2.26. The molecule has 0 unspecified atom stereocenters. The first kappa shape index (κ1) is 13.7. The molecule has 3 heteroatoms. The van der Waals surface area contributed by atoms with E-state index >= 15 is 0 Å². The average molecular weight is 285 g/mol. The van der Waals surface area contributed by atoms with Crippen LogP contribution in [-0.2, 0) is 0 Å². The standard InChI is InChI=1S/C19H15N3/c1-14(21)15-7-9-18(10-8-15)22-12-17(11-20)19(13-22)16-5-3-2-4-6-16/h2-10,12-13H,1,21H2. The molecule has 0 saturated heterocycles. The quantitative estimate of drug-likeness (QED) is 0.792. The average Bonchev–Trinajstić information content (AvgIpc) is 3.00. The highest BCUT2D eigenvalue weighted by Gasteiger charge is 2.09. The fraction of sp³-hybridized carbons (Fsp3) is 0. The van der Waals surface area contributed by atoms with Crippen molar-refractivity contribution >= 4 is 5.70 Å². The lowest BCUT2D eigenvalue weighted by Crippen LogP contribution is -1.95. The van der Waals surface area contributed by atoms with Gasteiger partial charge in [0.1, 0.15) is 6.07 Å². The minimum Gasteiger partial charge on any atom is -0.399 e. The predicted octanol–water partition coefficient (Wildman–Crippen LogP) is 3.95. The topological polar surface area (TPSA) is 54.7 Å². The molecule has 1 heterocycles. The van der Waals surface area contributed by atoms with E-state index < -0.39 is 0 Å². The van der Waals surface area contributed by atoms with Gasteiger partial charge in [0.15, 0.2) is 0 Å². The zero-order valence-electron chi connectivity index (χ0n) is 12.0. The summed E-state index contributed by atoms with van der Waals surface area (Å²) in [6.07, 6.45) is 3.81. The van der Waals surface area contributed by atoms with Crippen molar-refractivity contribution in [2.24, 2.45) is 5.73 Å². The molecule has 0 amide bonds. The number of nitriles is 1. The van der Waals surface area contributed by atoms with Crippen molar-refractivity contribution < 1.29 is 0 Å². The normalized spacial score (nSPS) is 10.1. The number of hydrogen-bond acceptors (Lipinski definition) is 2. The minimum absolute atomic E-state index is 0.543. The molecule has 0 bridgehead atoms. The SMILES string of the molecule is C=C(N)c1ccc(-n2cc(C#N)c(-c3ccccc3)c2)cc1. The highest BCUT2D eigenvalue weighted by molar-refractivity contribution is 5.71. The van der Waals surface area contributed by atoms with Crippen LogP contribution in [0.2, 0.25) is 0 Å². The molecule has 2 aromatic carbocycles. The molecule has 0 saturated carbocycles. The van der Waals surface area contributed by atoms with Crippen molar-refractivity contribution in [1.29, 1.82) is 5.26 Å². The Labute approximate surface area is 129 Å². The summed E-state index contributed by atoms with van der Waals surface area (Å²) < 4.78 is 1.95. The third kappa shape index (κ3) is 2.50. The van der Waals surface area contributed by atoms with Gasteiger partial charge in [-0.1, -0.05) is 49.0 Å². The number of hydrogen-bond donors (Lipinski definition) is 1. The largest absolute Gasteiger partial charge is 0.399 e. The molecule has 3 nitrogen and oxygen atoms in total. The van der Waals surface area contributed by atoms with Gasteiger partial charge in [-0.15, -0.1) is 0 Å². The molecule has 1 aromatic heterocycles. The van der Waals surface area contributed by atoms with Gasteiger partial charge in [-0.3, -0.25) is 0 Å². The Bertz CT molecular complexity index is 850. The van der Waals surface area contributed by atoms with Gasteiger partial charge in [-0.25, -0.2) is 0 Å². The van der Waals surface area contributed by atoms with Crippen LogP contribution in [0.25, 0.3) is 22.5 Å². The molecule has 0 aliphatic carbocycles. The van der Waals surface area contributed by atoms with Crippen molar-refractivity contribution in [2.45, 2.75) is 0 Å². The number of aromatic nitrogens is 1. The van der Waals surface area contributed by atoms with E-state index in [1.165, 1.54) is 0 Å². The van der Waals surface area contributed by atoms with Crippen LogP contribution in [0.15, 0.2) is 73.6 Å². The molecular formula is C19H15N3. The summed E-state index contributed by atoms with van der Waals surface area (Å²) in [6.45, 7) is 3.73. The van der Waals surface area contributed by atoms with Gasteiger partial charge in [0.2, 0.25) is 0 Å². The summed E-state index contributed by atoms with van der Waals surface area (Å²) in [5.41, 5.74) is 10.7. The first-order valence-corrected chi connectivity index (χ1v) is 6.92. The summed E-state index contributed by atoms with van der Waals surface area (Å²) in [5, 5.41) is 9.37. The van der Waals surface area contributed by atoms with Gasteiger partial charge in [0.25, 0.3) is 0 Å². The lowest BCUT2D eigenvalue weighted by atomic mass is 10.1. The predicted molar refractivity (Wildman–Crippen MR) is 89.1 cm³/mol. The molecule has 0 spiro atoms. The molecule has 2 N–H and O–H groups in total. The summed E-state index contributed by atoms with van der Waals surface area (Å²) in [5.74, 6) is 0. The zero-order chi connectivity index (χ0) is 15.5. The van der Waals surface area contributed by atoms with Crippen LogP contribution in [0, 0.1) is 11.3 Å². The smallest absolute Gasteiger partial charge is 0.101 e. The van der Waals surface area contributed by atoms with Crippen LogP contribution in [0.5, 0.6) is 0 Å². The van der Waals surface area contributed by atoms with Gasteiger partial charge in [-0.2, -0.15) is 5.26 Å². The monoisotopic (exact) mass is 285 g/mol. The van der Waals surface area contributed by atoms with E-state index in [2.05, 4.69) is 12.6 Å². The van der Waals surface area contributed by atoms with Gasteiger partial charge in [0.05, 0.1) is 5.56 Å². The Balaban J connectivity index is 2.04. The maximum absolute atomic E-state index is 9.37. The second-order valence-electron chi connectivity index (χ2n) is 5.04. The summed E-state index contributed by atoms with van der Waals surface area (Å²) in [7, 11) is 0. The van der Waals surface area contributed by atoms with Crippen LogP contribution in [-0.4, -0.2) is 4.57 Å². The van der Waals surface area contributed by atoms with Gasteiger partial charge in [-0.05, 0) is 23.3 Å². The third-order valence-corrected chi connectivity index (χ3v) is 3.57. The fourth-order valence-electron chi connectivity index (χ4n) is 2.39. The van der Waals surface area contributed by atoms with Crippen LogP contribution < -0.4 is 5.73 Å². The molecule has 0 fully saturated rings. The summed E-state index contributed by atoms with van der Waals surface area (Å²) in [6, 6.07) is 19.9. The van der Waals surface area contributed by atoms with Gasteiger partial charge in [0, 0.05) is 29.3 Å².